The molecule has 0 unspecified atom stereocenters. The van der Waals surface area contributed by atoms with Gasteiger partial charge in [0, 0.05) is 16.6 Å². The number of esters is 1. The molecule has 0 saturated heterocycles. The number of imidazole rings is 1. The second-order valence-corrected chi connectivity index (χ2v) is 6.35. The molecule has 0 radical (unpaired) electrons. The number of aromatic nitrogens is 4. The average Bonchev–Trinajstić information content (AvgIpc) is 3.21. The van der Waals surface area contributed by atoms with Crippen LogP contribution in [0.4, 0.5) is 5.69 Å². The number of aromatic amines is 1. The first-order chi connectivity index (χ1) is 13.6. The van der Waals surface area contributed by atoms with Gasteiger partial charge in [-0.05, 0) is 37.3 Å². The summed E-state index contributed by atoms with van der Waals surface area (Å²) in [6.07, 6.45) is 3.37. The number of ether oxygens (including phenoxy) is 1. The van der Waals surface area contributed by atoms with Crippen molar-refractivity contribution < 1.29 is 9.53 Å². The molecule has 2 N–H and O–H groups in total. The van der Waals surface area contributed by atoms with Crippen molar-refractivity contribution in [1.82, 2.24) is 19.9 Å². The normalized spacial score (nSPS) is 10.8. The summed E-state index contributed by atoms with van der Waals surface area (Å²) in [4.78, 5) is 28.1. The standard InChI is InChI=1S/C21H19N5O2/c1-13-4-3-5-18(26-13)21-20(24-12-25-21)14-6-7-17-15(8-14)9-16(10-23-17)22-11-19(27)28-2/h3-10,12,22H,11H2,1-2H3,(H,24,25). The minimum Gasteiger partial charge on any atom is -0.468 e. The van der Waals surface area contributed by atoms with Gasteiger partial charge in [0.2, 0.25) is 0 Å². The predicted molar refractivity (Wildman–Crippen MR) is 108 cm³/mol. The fraction of sp³-hybridized carbons (Fsp3) is 0.143. The Hall–Kier alpha value is -3.74. The van der Waals surface area contributed by atoms with Crippen LogP contribution in [-0.2, 0) is 9.53 Å². The second-order valence-electron chi connectivity index (χ2n) is 6.35. The zero-order valence-corrected chi connectivity index (χ0v) is 15.6. The minimum absolute atomic E-state index is 0.0892. The molecule has 0 bridgehead atoms. The maximum Gasteiger partial charge on any atom is 0.325 e. The number of rotatable bonds is 5. The van der Waals surface area contributed by atoms with Gasteiger partial charge in [-0.2, -0.15) is 0 Å². The van der Waals surface area contributed by atoms with Crippen molar-refractivity contribution in [2.75, 3.05) is 19.0 Å². The number of anilines is 1. The minimum atomic E-state index is -0.333. The van der Waals surface area contributed by atoms with E-state index in [9.17, 15) is 4.79 Å². The van der Waals surface area contributed by atoms with Crippen molar-refractivity contribution in [2.24, 2.45) is 0 Å². The zero-order chi connectivity index (χ0) is 19.5. The van der Waals surface area contributed by atoms with E-state index in [-0.39, 0.29) is 12.5 Å². The van der Waals surface area contributed by atoms with Crippen LogP contribution in [0.3, 0.4) is 0 Å². The van der Waals surface area contributed by atoms with Gasteiger partial charge in [-0.15, -0.1) is 0 Å². The number of fused-ring (bicyclic) bond motifs is 1. The summed E-state index contributed by atoms with van der Waals surface area (Å²) in [6.45, 7) is 2.05. The molecule has 0 aliphatic rings. The van der Waals surface area contributed by atoms with E-state index in [2.05, 4.69) is 30.0 Å². The fourth-order valence-electron chi connectivity index (χ4n) is 3.01. The third-order valence-electron chi connectivity index (χ3n) is 4.40. The van der Waals surface area contributed by atoms with E-state index in [0.717, 1.165) is 44.9 Å². The summed E-state index contributed by atoms with van der Waals surface area (Å²) < 4.78 is 4.65. The van der Waals surface area contributed by atoms with Gasteiger partial charge in [0.1, 0.15) is 6.54 Å². The monoisotopic (exact) mass is 373 g/mol. The quantitative estimate of drug-likeness (QED) is 0.520. The van der Waals surface area contributed by atoms with Crippen LogP contribution < -0.4 is 5.32 Å². The van der Waals surface area contributed by atoms with Crippen LogP contribution >= 0.6 is 0 Å². The van der Waals surface area contributed by atoms with E-state index in [1.807, 2.05) is 49.4 Å². The van der Waals surface area contributed by atoms with E-state index >= 15 is 0 Å². The zero-order valence-electron chi connectivity index (χ0n) is 15.6. The van der Waals surface area contributed by atoms with Crippen LogP contribution in [0.5, 0.6) is 0 Å². The van der Waals surface area contributed by atoms with Crippen LogP contribution in [0.2, 0.25) is 0 Å². The summed E-state index contributed by atoms with van der Waals surface area (Å²) in [5.41, 5.74) is 6.06. The number of aryl methyl sites for hydroxylation is 1. The molecule has 1 aromatic carbocycles. The summed E-state index contributed by atoms with van der Waals surface area (Å²) in [5, 5.41) is 3.96. The molecule has 4 aromatic rings. The molecule has 0 aliphatic carbocycles. The molecule has 0 atom stereocenters. The summed E-state index contributed by atoms with van der Waals surface area (Å²) in [5.74, 6) is -0.333. The topological polar surface area (TPSA) is 92.8 Å². The Labute approximate surface area is 161 Å². The number of carbonyl (C=O) groups is 1. The van der Waals surface area contributed by atoms with Gasteiger partial charge in [0.25, 0.3) is 0 Å². The van der Waals surface area contributed by atoms with Gasteiger partial charge < -0.3 is 15.0 Å². The number of nitrogens with zero attached hydrogens (tertiary/aromatic N) is 3. The molecule has 0 aliphatic heterocycles. The smallest absolute Gasteiger partial charge is 0.325 e. The Kier molecular flexibility index (Phi) is 4.72. The highest BCUT2D eigenvalue weighted by atomic mass is 16.5. The largest absolute Gasteiger partial charge is 0.468 e. The van der Waals surface area contributed by atoms with Crippen LogP contribution in [0.25, 0.3) is 33.5 Å². The first kappa shape index (κ1) is 17.7. The number of carbonyl (C=O) groups excluding carboxylic acids is 1. The van der Waals surface area contributed by atoms with Gasteiger partial charge in [0.15, 0.2) is 0 Å². The Bertz CT molecular complexity index is 1150. The van der Waals surface area contributed by atoms with Crippen LogP contribution in [0.1, 0.15) is 5.69 Å². The predicted octanol–water partition coefficient (Wildman–Crippen LogP) is 3.58. The molecule has 0 saturated carbocycles. The lowest BCUT2D eigenvalue weighted by Crippen LogP contribution is -2.14. The van der Waals surface area contributed by atoms with E-state index in [0.29, 0.717) is 0 Å². The average molecular weight is 373 g/mol. The molecule has 0 fully saturated rings. The first-order valence-electron chi connectivity index (χ1n) is 8.82. The third kappa shape index (κ3) is 3.55. The number of methoxy groups -OCH3 is 1. The van der Waals surface area contributed by atoms with Crippen molar-refractivity contribution >= 4 is 22.6 Å². The van der Waals surface area contributed by atoms with Crippen molar-refractivity contribution in [3.63, 3.8) is 0 Å². The van der Waals surface area contributed by atoms with Gasteiger partial charge in [-0.25, -0.2) is 4.98 Å². The van der Waals surface area contributed by atoms with Crippen molar-refractivity contribution in [2.45, 2.75) is 6.92 Å². The number of nitrogens with one attached hydrogen (secondary N) is 2. The Morgan fingerprint density at radius 2 is 2.07 bits per heavy atom. The van der Waals surface area contributed by atoms with Gasteiger partial charge in [0.05, 0.1) is 47.9 Å². The number of hydrogen-bond donors (Lipinski definition) is 2. The Balaban J connectivity index is 1.70. The lowest BCUT2D eigenvalue weighted by molar-refractivity contribution is -0.138. The first-order valence-corrected chi connectivity index (χ1v) is 8.82. The molecule has 0 amide bonds. The van der Waals surface area contributed by atoms with Crippen LogP contribution in [-0.4, -0.2) is 39.6 Å². The molecule has 3 heterocycles. The van der Waals surface area contributed by atoms with Gasteiger partial charge in [-0.3, -0.25) is 14.8 Å². The van der Waals surface area contributed by atoms with Crippen LogP contribution in [0.15, 0.2) is 55.0 Å². The summed E-state index contributed by atoms with van der Waals surface area (Å²) in [6, 6.07) is 13.8. The van der Waals surface area contributed by atoms with Crippen molar-refractivity contribution in [3.8, 4) is 22.6 Å². The maximum atomic E-state index is 11.3. The van der Waals surface area contributed by atoms with Gasteiger partial charge in [-0.1, -0.05) is 12.1 Å². The second kappa shape index (κ2) is 7.48. The summed E-state index contributed by atoms with van der Waals surface area (Å²) >= 11 is 0. The lowest BCUT2D eigenvalue weighted by atomic mass is 10.0. The Morgan fingerprint density at radius 3 is 2.89 bits per heavy atom. The molecular formula is C21H19N5O2. The van der Waals surface area contributed by atoms with Crippen molar-refractivity contribution in [1.29, 1.82) is 0 Å². The molecule has 7 heteroatoms. The molecule has 3 aromatic heterocycles. The van der Waals surface area contributed by atoms with Crippen LogP contribution in [0, 0.1) is 6.92 Å². The molecule has 0 spiro atoms. The number of benzene rings is 1. The van der Waals surface area contributed by atoms with Crippen molar-refractivity contribution in [3.05, 3.63) is 60.7 Å². The highest BCUT2D eigenvalue weighted by Gasteiger charge is 2.13. The number of pyridine rings is 2. The summed E-state index contributed by atoms with van der Waals surface area (Å²) in [7, 11) is 1.36. The highest BCUT2D eigenvalue weighted by molar-refractivity contribution is 5.88. The van der Waals surface area contributed by atoms with E-state index in [4.69, 9.17) is 0 Å². The SMILES string of the molecule is COC(=O)CNc1cnc2ccc(-c3nc[nH]c3-c3cccc(C)n3)cc2c1. The maximum absolute atomic E-state index is 11.3. The molecule has 28 heavy (non-hydrogen) atoms. The molecule has 140 valence electrons. The molecule has 4 rings (SSSR count). The Morgan fingerprint density at radius 1 is 1.18 bits per heavy atom. The number of H-pyrrole nitrogens is 1. The lowest BCUT2D eigenvalue weighted by Gasteiger charge is -2.08. The van der Waals surface area contributed by atoms with Gasteiger partial charge >= 0.3 is 5.97 Å². The molecule has 7 nitrogen and oxygen atoms in total. The fourth-order valence-corrected chi connectivity index (χ4v) is 3.01. The highest BCUT2D eigenvalue weighted by Crippen LogP contribution is 2.30. The number of hydrogen-bond acceptors (Lipinski definition) is 6. The third-order valence-corrected chi connectivity index (χ3v) is 4.40. The molecular weight excluding hydrogens is 354 g/mol. The van der Waals surface area contributed by atoms with E-state index < -0.39 is 0 Å². The van der Waals surface area contributed by atoms with E-state index in [1.54, 1.807) is 12.5 Å². The van der Waals surface area contributed by atoms with E-state index in [1.165, 1.54) is 7.11 Å².